The number of halogens is 1. The minimum absolute atomic E-state index is 0.0674. The molecule has 0 radical (unpaired) electrons. The lowest BCUT2D eigenvalue weighted by molar-refractivity contribution is 0.0593. The minimum Gasteiger partial charge on any atom is -0.464 e. The molecule has 0 fully saturated rings. The molecule has 0 saturated heterocycles. The van der Waals surface area contributed by atoms with E-state index in [1.54, 1.807) is 30.3 Å². The van der Waals surface area contributed by atoms with Gasteiger partial charge in [0, 0.05) is 11.1 Å². The summed E-state index contributed by atoms with van der Waals surface area (Å²) in [4.78, 5) is 26.0. The van der Waals surface area contributed by atoms with Crippen molar-refractivity contribution in [1.29, 1.82) is 0 Å². The lowest BCUT2D eigenvalue weighted by atomic mass is 10.1. The number of hydrogen-bond donors (Lipinski definition) is 1. The van der Waals surface area contributed by atoms with E-state index in [-0.39, 0.29) is 16.9 Å². The van der Waals surface area contributed by atoms with Crippen LogP contribution in [-0.2, 0) is 4.74 Å². The Bertz CT molecular complexity index is 740. The van der Waals surface area contributed by atoms with Gasteiger partial charge in [0.1, 0.15) is 6.29 Å². The van der Waals surface area contributed by atoms with Crippen LogP contribution in [0, 0.1) is 5.82 Å². The smallest absolute Gasteiger partial charge is 0.357 e. The zero-order valence-corrected chi connectivity index (χ0v) is 11.7. The van der Waals surface area contributed by atoms with Crippen LogP contribution in [0.15, 0.2) is 30.5 Å². The highest BCUT2D eigenvalue weighted by molar-refractivity contribution is 5.95. The Morgan fingerprint density at radius 1 is 1.23 bits per heavy atom. The fraction of sp³-hybridized carbons (Fsp3) is 0.0625. The maximum atomic E-state index is 13.5. The van der Waals surface area contributed by atoms with Crippen LogP contribution in [-0.4, -0.2) is 24.3 Å². The fourth-order valence-corrected chi connectivity index (χ4v) is 1.81. The molecule has 6 heteroatoms. The summed E-state index contributed by atoms with van der Waals surface area (Å²) in [5.74, 6) is -1.42. The van der Waals surface area contributed by atoms with E-state index in [2.05, 4.69) is 9.72 Å². The molecule has 2 rings (SSSR count). The van der Waals surface area contributed by atoms with Crippen molar-refractivity contribution in [3.05, 3.63) is 58.7 Å². The zero-order valence-electron chi connectivity index (χ0n) is 11.7. The third kappa shape index (κ3) is 3.17. The summed E-state index contributed by atoms with van der Waals surface area (Å²) in [7, 11) is 1.20. The lowest BCUT2D eigenvalue weighted by Crippen LogP contribution is -2.10. The van der Waals surface area contributed by atoms with Crippen molar-refractivity contribution in [3.8, 4) is 0 Å². The zero-order chi connectivity index (χ0) is 16.1. The number of hydrogen-bond acceptors (Lipinski definition) is 5. The molecule has 2 N–H and O–H groups in total. The van der Waals surface area contributed by atoms with Gasteiger partial charge in [0.2, 0.25) is 0 Å². The highest BCUT2D eigenvalue weighted by Gasteiger charge is 2.17. The van der Waals surface area contributed by atoms with Gasteiger partial charge in [-0.2, -0.15) is 0 Å². The number of nitrogen functional groups attached to an aromatic ring is 1. The van der Waals surface area contributed by atoms with Gasteiger partial charge in [-0.3, -0.25) is 4.79 Å². The predicted octanol–water partition coefficient (Wildman–Crippen LogP) is 2.57. The fourth-order valence-electron chi connectivity index (χ4n) is 1.81. The molecule has 0 aliphatic carbocycles. The van der Waals surface area contributed by atoms with Gasteiger partial charge in [0.25, 0.3) is 0 Å². The van der Waals surface area contributed by atoms with Crippen molar-refractivity contribution >= 4 is 30.1 Å². The van der Waals surface area contributed by atoms with E-state index < -0.39 is 11.8 Å². The maximum absolute atomic E-state index is 13.5. The van der Waals surface area contributed by atoms with E-state index >= 15 is 0 Å². The highest BCUT2D eigenvalue weighted by atomic mass is 19.1. The molecule has 1 aromatic heterocycles. The first-order valence-corrected chi connectivity index (χ1v) is 6.32. The van der Waals surface area contributed by atoms with E-state index in [1.165, 1.54) is 13.2 Å². The normalized spacial score (nSPS) is 10.6. The number of esters is 1. The number of carbonyl (C=O) groups excluding carboxylic acids is 2. The second-order valence-electron chi connectivity index (χ2n) is 4.39. The van der Waals surface area contributed by atoms with Gasteiger partial charge < -0.3 is 10.5 Å². The summed E-state index contributed by atoms with van der Waals surface area (Å²) in [6.45, 7) is 0. The SMILES string of the molecule is COC(=O)c1ncc(F)c(N)c1C=Cc1ccc(C=O)cc1. The molecule has 0 atom stereocenters. The first-order valence-electron chi connectivity index (χ1n) is 6.32. The van der Waals surface area contributed by atoms with E-state index in [1.807, 2.05) is 0 Å². The molecule has 0 spiro atoms. The van der Waals surface area contributed by atoms with Crippen LogP contribution in [0.3, 0.4) is 0 Å². The van der Waals surface area contributed by atoms with Gasteiger partial charge >= 0.3 is 5.97 Å². The molecule has 1 heterocycles. The Morgan fingerprint density at radius 2 is 1.86 bits per heavy atom. The molecule has 0 unspecified atom stereocenters. The van der Waals surface area contributed by atoms with Crippen molar-refractivity contribution in [3.63, 3.8) is 0 Å². The van der Waals surface area contributed by atoms with Crippen molar-refractivity contribution in [2.24, 2.45) is 0 Å². The molecule has 0 saturated carbocycles. The van der Waals surface area contributed by atoms with Crippen LogP contribution in [0.2, 0.25) is 0 Å². The molecule has 5 nitrogen and oxygen atoms in total. The summed E-state index contributed by atoms with van der Waals surface area (Å²) in [6.07, 6.45) is 4.72. The van der Waals surface area contributed by atoms with E-state index in [0.29, 0.717) is 5.56 Å². The summed E-state index contributed by atoms with van der Waals surface area (Å²) in [6, 6.07) is 6.70. The van der Waals surface area contributed by atoms with Crippen LogP contribution in [0.1, 0.15) is 32.0 Å². The summed E-state index contributed by atoms with van der Waals surface area (Å²) < 4.78 is 18.1. The summed E-state index contributed by atoms with van der Waals surface area (Å²) in [5.41, 5.74) is 6.85. The van der Waals surface area contributed by atoms with Crippen LogP contribution in [0.5, 0.6) is 0 Å². The maximum Gasteiger partial charge on any atom is 0.357 e. The highest BCUT2D eigenvalue weighted by Crippen LogP contribution is 2.22. The molecule has 2 aromatic rings. The van der Waals surface area contributed by atoms with Gasteiger partial charge in [0.05, 0.1) is 19.0 Å². The van der Waals surface area contributed by atoms with Crippen LogP contribution in [0.4, 0.5) is 10.1 Å². The second kappa shape index (κ2) is 6.62. The first-order chi connectivity index (χ1) is 10.6. The number of nitrogens with two attached hydrogens (primary N) is 1. The average molecular weight is 300 g/mol. The summed E-state index contributed by atoms with van der Waals surface area (Å²) in [5, 5.41) is 0. The Hall–Kier alpha value is -3.02. The molecule has 0 aliphatic heterocycles. The molecular formula is C16H13FN2O3. The topological polar surface area (TPSA) is 82.3 Å². The quantitative estimate of drug-likeness (QED) is 0.693. The molecule has 0 bridgehead atoms. The van der Waals surface area contributed by atoms with Crippen molar-refractivity contribution < 1.29 is 18.7 Å². The van der Waals surface area contributed by atoms with Crippen LogP contribution in [0.25, 0.3) is 12.2 Å². The number of pyridine rings is 1. The van der Waals surface area contributed by atoms with Crippen molar-refractivity contribution in [1.82, 2.24) is 4.98 Å². The summed E-state index contributed by atoms with van der Waals surface area (Å²) >= 11 is 0. The minimum atomic E-state index is -0.719. The van der Waals surface area contributed by atoms with Gasteiger partial charge in [-0.1, -0.05) is 30.3 Å². The third-order valence-corrected chi connectivity index (χ3v) is 3.00. The van der Waals surface area contributed by atoms with E-state index in [0.717, 1.165) is 18.0 Å². The van der Waals surface area contributed by atoms with E-state index in [9.17, 15) is 14.0 Å². The predicted molar refractivity (Wildman–Crippen MR) is 80.7 cm³/mol. The number of methoxy groups -OCH3 is 1. The number of nitrogens with zero attached hydrogens (tertiary/aromatic N) is 1. The van der Waals surface area contributed by atoms with Gasteiger partial charge in [-0.15, -0.1) is 0 Å². The Labute approximate surface area is 126 Å². The second-order valence-corrected chi connectivity index (χ2v) is 4.39. The molecule has 22 heavy (non-hydrogen) atoms. The molecule has 0 aliphatic rings. The van der Waals surface area contributed by atoms with E-state index in [4.69, 9.17) is 5.73 Å². The number of anilines is 1. The van der Waals surface area contributed by atoms with Gasteiger partial charge in [-0.05, 0) is 11.6 Å². The molecule has 112 valence electrons. The van der Waals surface area contributed by atoms with Crippen molar-refractivity contribution in [2.75, 3.05) is 12.8 Å². The Kier molecular flexibility index (Phi) is 4.63. The van der Waals surface area contributed by atoms with Crippen LogP contribution < -0.4 is 5.73 Å². The first kappa shape index (κ1) is 15.4. The number of rotatable bonds is 4. The largest absolute Gasteiger partial charge is 0.464 e. The number of aromatic nitrogens is 1. The standard InChI is InChI=1S/C16H13FN2O3/c1-22-16(21)15-12(14(18)13(17)8-19-15)7-6-10-2-4-11(9-20)5-3-10/h2-9H,1H3,(H2,18,19). The van der Waals surface area contributed by atoms with Crippen LogP contribution >= 0.6 is 0 Å². The molecule has 1 aromatic carbocycles. The molecule has 0 amide bonds. The average Bonchev–Trinajstić information content (AvgIpc) is 2.56. The Morgan fingerprint density at radius 3 is 2.45 bits per heavy atom. The molecular weight excluding hydrogens is 287 g/mol. The number of aldehydes is 1. The third-order valence-electron chi connectivity index (χ3n) is 3.00. The van der Waals surface area contributed by atoms with Gasteiger partial charge in [-0.25, -0.2) is 14.2 Å². The Balaban J connectivity index is 2.42. The number of ether oxygens (including phenoxy) is 1. The lowest BCUT2D eigenvalue weighted by Gasteiger charge is -2.07. The number of carbonyl (C=O) groups is 2. The monoisotopic (exact) mass is 300 g/mol. The van der Waals surface area contributed by atoms with Crippen molar-refractivity contribution in [2.45, 2.75) is 0 Å². The van der Waals surface area contributed by atoms with Gasteiger partial charge in [0.15, 0.2) is 11.5 Å². The number of benzene rings is 1.